The highest BCUT2D eigenvalue weighted by molar-refractivity contribution is 7.70. The van der Waals surface area contributed by atoms with Gasteiger partial charge in [-0.2, -0.15) is 0 Å². The first kappa shape index (κ1) is 20.0. The highest BCUT2D eigenvalue weighted by atomic mass is 32.2. The number of hydrogen-bond donors (Lipinski definition) is 2. The number of thiol groups is 1. The zero-order valence-electron chi connectivity index (χ0n) is 17.5. The van der Waals surface area contributed by atoms with Crippen molar-refractivity contribution in [2.24, 2.45) is 14.1 Å². The number of aromatic nitrogens is 3. The molecule has 1 N–H and O–H groups in total. The first-order valence-corrected chi connectivity index (χ1v) is 11.6. The topological polar surface area (TPSA) is 86.0 Å². The molecule has 7 nitrogen and oxygen atoms in total. The molecule has 2 aromatic carbocycles. The molecular formula is C23H24N4O3S. The Morgan fingerprint density at radius 1 is 1.10 bits per heavy atom. The second-order valence-corrected chi connectivity index (χ2v) is 9.06. The third-order valence-corrected chi connectivity index (χ3v) is 6.54. The number of nitrogens with zero attached hydrogens (tertiary/aromatic N) is 3. The summed E-state index contributed by atoms with van der Waals surface area (Å²) >= 11 is 0. The van der Waals surface area contributed by atoms with Crippen molar-refractivity contribution in [3.63, 3.8) is 0 Å². The number of fused-ring (bicyclic) bond motifs is 2. The highest BCUT2D eigenvalue weighted by Gasteiger charge is 2.29. The van der Waals surface area contributed by atoms with Gasteiger partial charge in [-0.3, -0.25) is 4.79 Å². The van der Waals surface area contributed by atoms with E-state index in [1.807, 2.05) is 37.5 Å². The van der Waals surface area contributed by atoms with Gasteiger partial charge >= 0.3 is 0 Å². The van der Waals surface area contributed by atoms with E-state index >= 15 is 0 Å². The third kappa shape index (κ3) is 3.55. The molecule has 0 unspecified atom stereocenters. The summed E-state index contributed by atoms with van der Waals surface area (Å²) in [6, 6.07) is 11.8. The van der Waals surface area contributed by atoms with E-state index in [2.05, 4.69) is 21.4 Å². The van der Waals surface area contributed by atoms with Gasteiger partial charge in [0, 0.05) is 49.3 Å². The predicted octanol–water partition coefficient (Wildman–Crippen LogP) is 2.63. The molecule has 4 aromatic rings. The molecule has 1 fully saturated rings. The zero-order valence-corrected chi connectivity index (χ0v) is 18.4. The van der Waals surface area contributed by atoms with Crippen molar-refractivity contribution in [2.75, 3.05) is 6.54 Å². The molecule has 0 atom stereocenters. The number of rotatable bonds is 6. The lowest BCUT2D eigenvalue weighted by Crippen LogP contribution is -2.16. The van der Waals surface area contributed by atoms with Crippen LogP contribution in [0.15, 0.2) is 47.4 Å². The largest absolute Gasteiger partial charge is 0.331 e. The monoisotopic (exact) mass is 436 g/mol. The number of aryl methyl sites for hydroxylation is 2. The molecule has 1 saturated carbocycles. The minimum Gasteiger partial charge on any atom is -0.331 e. The highest BCUT2D eigenvalue weighted by Crippen LogP contribution is 2.42. The van der Waals surface area contributed by atoms with Crippen LogP contribution in [0.25, 0.3) is 32.9 Å². The normalized spacial score (nSPS) is 14.2. The molecule has 1 aliphatic rings. The van der Waals surface area contributed by atoms with E-state index < -0.39 is 10.9 Å². The van der Waals surface area contributed by atoms with Gasteiger partial charge in [-0.25, -0.2) is 18.1 Å². The number of imidazole rings is 1. The summed E-state index contributed by atoms with van der Waals surface area (Å²) in [5, 5.41) is 1.56. The summed E-state index contributed by atoms with van der Waals surface area (Å²) in [6.07, 6.45) is 4.76. The van der Waals surface area contributed by atoms with E-state index in [4.69, 9.17) is 4.98 Å². The predicted molar refractivity (Wildman–Crippen MR) is 123 cm³/mol. The Hall–Kier alpha value is -2.97. The van der Waals surface area contributed by atoms with Crippen molar-refractivity contribution in [1.82, 2.24) is 18.8 Å². The van der Waals surface area contributed by atoms with Crippen molar-refractivity contribution in [3.8, 4) is 11.1 Å². The summed E-state index contributed by atoms with van der Waals surface area (Å²) in [5.41, 5.74) is 4.85. The lowest BCUT2D eigenvalue weighted by Gasteiger charge is -2.12. The quantitative estimate of drug-likeness (QED) is 0.455. The van der Waals surface area contributed by atoms with E-state index in [1.54, 1.807) is 11.6 Å². The summed E-state index contributed by atoms with van der Waals surface area (Å²) in [4.78, 5) is 17.7. The first-order chi connectivity index (χ1) is 14.9. The van der Waals surface area contributed by atoms with Crippen LogP contribution in [0.3, 0.4) is 0 Å². The molecule has 0 bridgehead atoms. The van der Waals surface area contributed by atoms with Gasteiger partial charge in [0.05, 0.1) is 11.0 Å². The molecule has 5 rings (SSSR count). The molecule has 2 heterocycles. The van der Waals surface area contributed by atoms with Crippen LogP contribution >= 0.6 is 0 Å². The van der Waals surface area contributed by atoms with E-state index in [0.29, 0.717) is 24.3 Å². The van der Waals surface area contributed by atoms with E-state index in [9.17, 15) is 13.2 Å². The Kier molecular flexibility index (Phi) is 4.91. The molecule has 1 aliphatic carbocycles. The molecule has 0 spiro atoms. The summed E-state index contributed by atoms with van der Waals surface area (Å²) in [7, 11) is 1.19. The average molecular weight is 437 g/mol. The van der Waals surface area contributed by atoms with Gasteiger partial charge in [0.25, 0.3) is 5.56 Å². The van der Waals surface area contributed by atoms with Crippen LogP contribution in [-0.4, -0.2) is 29.1 Å². The Morgan fingerprint density at radius 3 is 2.55 bits per heavy atom. The Morgan fingerprint density at radius 2 is 1.84 bits per heavy atom. The van der Waals surface area contributed by atoms with E-state index in [1.165, 1.54) is 0 Å². The maximum atomic E-state index is 12.7. The van der Waals surface area contributed by atoms with E-state index in [-0.39, 0.29) is 5.56 Å². The van der Waals surface area contributed by atoms with Gasteiger partial charge in [0.2, 0.25) is 10.9 Å². The second kappa shape index (κ2) is 7.62. The lowest BCUT2D eigenvalue weighted by atomic mass is 9.96. The van der Waals surface area contributed by atoms with Crippen molar-refractivity contribution in [3.05, 3.63) is 64.3 Å². The van der Waals surface area contributed by atoms with Crippen molar-refractivity contribution in [1.29, 1.82) is 0 Å². The molecular weight excluding hydrogens is 412 g/mol. The van der Waals surface area contributed by atoms with Crippen molar-refractivity contribution in [2.45, 2.75) is 25.2 Å². The molecule has 0 aliphatic heterocycles. The Labute approximate surface area is 181 Å². The minimum atomic E-state index is -2.62. The molecule has 2 aromatic heterocycles. The number of nitrogens with one attached hydrogen (secondary N) is 1. The molecule has 8 heteroatoms. The fourth-order valence-electron chi connectivity index (χ4n) is 4.34. The van der Waals surface area contributed by atoms with Crippen LogP contribution in [0.4, 0.5) is 0 Å². The van der Waals surface area contributed by atoms with Gasteiger partial charge in [0.15, 0.2) is 0 Å². The number of pyridine rings is 1. The maximum Gasteiger partial charge on any atom is 0.258 e. The Balaban J connectivity index is 1.77. The van der Waals surface area contributed by atoms with Crippen LogP contribution in [0, 0.1) is 0 Å². The molecule has 31 heavy (non-hydrogen) atoms. The van der Waals surface area contributed by atoms with Crippen molar-refractivity contribution < 1.29 is 8.42 Å². The zero-order chi connectivity index (χ0) is 21.7. The summed E-state index contributed by atoms with van der Waals surface area (Å²) in [5.74, 6) is 1.58. The molecule has 0 amide bonds. The molecule has 0 saturated heterocycles. The van der Waals surface area contributed by atoms with Gasteiger partial charge in [-0.1, -0.05) is 18.2 Å². The van der Waals surface area contributed by atoms with Crippen molar-refractivity contribution >= 4 is 32.7 Å². The second-order valence-electron chi connectivity index (χ2n) is 8.23. The molecule has 0 radical (unpaired) electrons. The summed E-state index contributed by atoms with van der Waals surface area (Å²) < 4.78 is 28.1. The fourth-order valence-corrected chi connectivity index (χ4v) is 4.64. The number of benzene rings is 2. The standard InChI is InChI=1S/C23H24N4O3S/c1-26-13-19(16-5-3-4-6-17(16)23(26)28)18-11-14(9-10-24-31(29)30)12-20-21(18)25-22(27(20)2)15-7-8-15/h3-6,11-13,15,31H,7-10H2,1-2H3,(H,24,29,30). The van der Waals surface area contributed by atoms with Crippen LogP contribution in [0.5, 0.6) is 0 Å². The van der Waals surface area contributed by atoms with Crippen LogP contribution in [0.1, 0.15) is 30.1 Å². The van der Waals surface area contributed by atoms with Crippen LogP contribution in [-0.2, 0) is 31.4 Å². The van der Waals surface area contributed by atoms with Gasteiger partial charge in [-0.15, -0.1) is 0 Å². The summed E-state index contributed by atoms with van der Waals surface area (Å²) in [6.45, 7) is 0.338. The number of hydrogen-bond acceptors (Lipinski definition) is 4. The first-order valence-electron chi connectivity index (χ1n) is 10.4. The Bertz CT molecular complexity index is 1450. The smallest absolute Gasteiger partial charge is 0.258 e. The van der Waals surface area contributed by atoms with Gasteiger partial charge < -0.3 is 9.13 Å². The maximum absolute atomic E-state index is 12.7. The van der Waals surface area contributed by atoms with Gasteiger partial charge in [-0.05, 0) is 48.4 Å². The van der Waals surface area contributed by atoms with Gasteiger partial charge in [0.1, 0.15) is 5.82 Å². The van der Waals surface area contributed by atoms with E-state index in [0.717, 1.165) is 51.8 Å². The fraction of sp³-hybridized carbons (Fsp3) is 0.304. The minimum absolute atomic E-state index is 0.0325. The average Bonchev–Trinajstić information content (AvgIpc) is 3.54. The molecule has 160 valence electrons. The third-order valence-electron chi connectivity index (χ3n) is 6.06. The van der Waals surface area contributed by atoms with Crippen LogP contribution < -0.4 is 10.3 Å². The SMILES string of the molecule is Cn1cc(-c2cc(CCN[SH](=O)=O)cc3c2nc(C2CC2)n3C)c2ccccc2c1=O. The van der Waals surface area contributed by atoms with Crippen LogP contribution in [0.2, 0.25) is 0 Å². The lowest BCUT2D eigenvalue weighted by molar-refractivity contribution is 0.602.